The van der Waals surface area contributed by atoms with Gasteiger partial charge in [0.2, 0.25) is 5.92 Å². The van der Waals surface area contributed by atoms with E-state index in [-0.39, 0.29) is 31.1 Å². The quantitative estimate of drug-likeness (QED) is 0.827. The maximum Gasteiger partial charge on any atom is 0.248 e. The summed E-state index contributed by atoms with van der Waals surface area (Å²) in [4.78, 5) is 0. The van der Waals surface area contributed by atoms with E-state index in [4.69, 9.17) is 9.47 Å². The Labute approximate surface area is 107 Å². The van der Waals surface area contributed by atoms with Gasteiger partial charge in [0.1, 0.15) is 0 Å². The largest absolute Gasteiger partial charge is 0.350 e. The van der Waals surface area contributed by atoms with Gasteiger partial charge in [-0.25, -0.2) is 8.78 Å². The van der Waals surface area contributed by atoms with E-state index < -0.39 is 5.92 Å². The van der Waals surface area contributed by atoms with Crippen LogP contribution in [-0.4, -0.2) is 38.5 Å². The van der Waals surface area contributed by atoms with Crippen molar-refractivity contribution < 1.29 is 18.3 Å². The lowest BCUT2D eigenvalue weighted by molar-refractivity contribution is -0.0647. The van der Waals surface area contributed by atoms with Crippen LogP contribution in [0.25, 0.3) is 0 Å². The minimum absolute atomic E-state index is 0.0392. The van der Waals surface area contributed by atoms with Gasteiger partial charge in [-0.1, -0.05) is 0 Å². The summed E-state index contributed by atoms with van der Waals surface area (Å²) >= 11 is 0. The van der Waals surface area contributed by atoms with Crippen LogP contribution in [0.2, 0.25) is 0 Å². The Morgan fingerprint density at radius 3 is 2.61 bits per heavy atom. The van der Waals surface area contributed by atoms with Crippen molar-refractivity contribution in [2.75, 3.05) is 20.3 Å². The zero-order chi connectivity index (χ0) is 13.0. The molecule has 2 unspecified atom stereocenters. The molecule has 1 N–H and O–H groups in total. The Kier molecular flexibility index (Phi) is 4.92. The molecule has 1 aliphatic carbocycles. The van der Waals surface area contributed by atoms with E-state index in [1.807, 2.05) is 7.05 Å². The molecule has 0 amide bonds. The maximum absolute atomic E-state index is 13.3. The molecule has 0 aromatic rings. The zero-order valence-corrected chi connectivity index (χ0v) is 11.0. The molecule has 2 atom stereocenters. The number of rotatable bonds is 5. The Morgan fingerprint density at radius 1 is 1.28 bits per heavy atom. The molecule has 18 heavy (non-hydrogen) atoms. The molecule has 1 aliphatic heterocycles. The summed E-state index contributed by atoms with van der Waals surface area (Å²) in [6, 6.07) is 0.201. The van der Waals surface area contributed by atoms with Crippen LogP contribution in [0, 0.1) is 5.92 Å². The molecular formula is C13H23F2NO2. The standard InChI is InChI=1S/C13H23F2NO2/c1-16-11(8-12-17-5-6-18-12)7-10-3-2-4-13(14,15)9-10/h10-12,16H,2-9H2,1H3. The molecule has 0 aromatic carbocycles. The topological polar surface area (TPSA) is 30.5 Å². The average Bonchev–Trinajstić information content (AvgIpc) is 2.79. The molecule has 2 rings (SSSR count). The first-order chi connectivity index (χ1) is 8.59. The smallest absolute Gasteiger partial charge is 0.248 e. The molecule has 2 aliphatic rings. The van der Waals surface area contributed by atoms with Crippen molar-refractivity contribution in [3.05, 3.63) is 0 Å². The van der Waals surface area contributed by atoms with Crippen molar-refractivity contribution in [1.82, 2.24) is 5.32 Å². The Bertz CT molecular complexity index is 257. The molecule has 0 bridgehead atoms. The van der Waals surface area contributed by atoms with Gasteiger partial charge in [-0.2, -0.15) is 0 Å². The van der Waals surface area contributed by atoms with E-state index in [0.717, 1.165) is 19.3 Å². The average molecular weight is 263 g/mol. The lowest BCUT2D eigenvalue weighted by Crippen LogP contribution is -2.35. The summed E-state index contributed by atoms with van der Waals surface area (Å²) in [5.41, 5.74) is 0. The van der Waals surface area contributed by atoms with Crippen molar-refractivity contribution >= 4 is 0 Å². The second-order valence-electron chi connectivity index (χ2n) is 5.45. The fourth-order valence-corrected chi connectivity index (χ4v) is 2.99. The predicted octanol–water partition coefficient (Wildman–Crippen LogP) is 2.55. The van der Waals surface area contributed by atoms with E-state index in [2.05, 4.69) is 5.32 Å². The molecule has 3 nitrogen and oxygen atoms in total. The van der Waals surface area contributed by atoms with Crippen molar-refractivity contribution in [2.24, 2.45) is 5.92 Å². The lowest BCUT2D eigenvalue weighted by Gasteiger charge is -2.31. The van der Waals surface area contributed by atoms with Crippen LogP contribution in [0.5, 0.6) is 0 Å². The van der Waals surface area contributed by atoms with Gasteiger partial charge in [-0.05, 0) is 32.2 Å². The fraction of sp³-hybridized carbons (Fsp3) is 1.00. The zero-order valence-electron chi connectivity index (χ0n) is 11.0. The summed E-state index contributed by atoms with van der Waals surface area (Å²) in [6.07, 6.45) is 3.03. The molecule has 0 aromatic heterocycles. The lowest BCUT2D eigenvalue weighted by atomic mass is 9.82. The van der Waals surface area contributed by atoms with E-state index in [9.17, 15) is 8.78 Å². The van der Waals surface area contributed by atoms with Crippen LogP contribution in [0.3, 0.4) is 0 Å². The highest BCUT2D eigenvalue weighted by atomic mass is 19.3. The Hall–Kier alpha value is -0.260. The number of hydrogen-bond acceptors (Lipinski definition) is 3. The van der Waals surface area contributed by atoms with Gasteiger partial charge in [-0.3, -0.25) is 0 Å². The van der Waals surface area contributed by atoms with Crippen molar-refractivity contribution in [1.29, 1.82) is 0 Å². The second-order valence-corrected chi connectivity index (χ2v) is 5.45. The summed E-state index contributed by atoms with van der Waals surface area (Å²) in [5.74, 6) is -2.34. The van der Waals surface area contributed by atoms with Crippen molar-refractivity contribution in [2.45, 2.75) is 56.8 Å². The van der Waals surface area contributed by atoms with Crippen molar-refractivity contribution in [3.63, 3.8) is 0 Å². The first-order valence-corrected chi connectivity index (χ1v) is 6.87. The number of ether oxygens (including phenoxy) is 2. The number of alkyl halides is 2. The molecule has 1 heterocycles. The van der Waals surface area contributed by atoms with Gasteiger partial charge in [0.05, 0.1) is 13.2 Å². The number of hydrogen-bond donors (Lipinski definition) is 1. The van der Waals surface area contributed by atoms with Crippen LogP contribution >= 0.6 is 0 Å². The predicted molar refractivity (Wildman–Crippen MR) is 64.7 cm³/mol. The summed E-state index contributed by atoms with van der Waals surface area (Å²) in [7, 11) is 1.88. The summed E-state index contributed by atoms with van der Waals surface area (Å²) < 4.78 is 37.5. The van der Waals surface area contributed by atoms with E-state index in [1.165, 1.54) is 0 Å². The van der Waals surface area contributed by atoms with Crippen LogP contribution in [0.4, 0.5) is 8.78 Å². The first kappa shape index (κ1) is 14.2. The third-order valence-corrected chi connectivity index (χ3v) is 3.94. The molecule has 1 saturated carbocycles. The minimum Gasteiger partial charge on any atom is -0.350 e. The highest BCUT2D eigenvalue weighted by Gasteiger charge is 2.37. The van der Waals surface area contributed by atoms with Gasteiger partial charge in [-0.15, -0.1) is 0 Å². The van der Waals surface area contributed by atoms with Crippen LogP contribution in [-0.2, 0) is 9.47 Å². The molecule has 106 valence electrons. The van der Waals surface area contributed by atoms with Crippen LogP contribution in [0.1, 0.15) is 38.5 Å². The van der Waals surface area contributed by atoms with Crippen LogP contribution < -0.4 is 5.32 Å². The monoisotopic (exact) mass is 263 g/mol. The molecule has 5 heteroatoms. The van der Waals surface area contributed by atoms with Crippen LogP contribution in [0.15, 0.2) is 0 Å². The SMILES string of the molecule is CNC(CC1CCCC(F)(F)C1)CC1OCCO1. The summed E-state index contributed by atoms with van der Waals surface area (Å²) in [5, 5.41) is 3.20. The van der Waals surface area contributed by atoms with E-state index in [1.54, 1.807) is 0 Å². The fourth-order valence-electron chi connectivity index (χ4n) is 2.99. The Morgan fingerprint density at radius 2 is 2.00 bits per heavy atom. The van der Waals surface area contributed by atoms with Gasteiger partial charge in [0.15, 0.2) is 6.29 Å². The van der Waals surface area contributed by atoms with Gasteiger partial charge >= 0.3 is 0 Å². The Balaban J connectivity index is 1.78. The summed E-state index contributed by atoms with van der Waals surface area (Å²) in [6.45, 7) is 1.28. The molecule has 0 radical (unpaired) electrons. The normalized spacial score (nSPS) is 30.5. The highest BCUT2D eigenvalue weighted by Crippen LogP contribution is 2.38. The molecule has 2 fully saturated rings. The van der Waals surface area contributed by atoms with Crippen molar-refractivity contribution in [3.8, 4) is 0 Å². The number of nitrogens with one attached hydrogen (secondary N) is 1. The van der Waals surface area contributed by atoms with E-state index in [0.29, 0.717) is 19.6 Å². The first-order valence-electron chi connectivity index (χ1n) is 6.87. The van der Waals surface area contributed by atoms with E-state index >= 15 is 0 Å². The number of halogens is 2. The minimum atomic E-state index is -2.46. The molecule has 0 spiro atoms. The van der Waals surface area contributed by atoms with Gasteiger partial charge in [0.25, 0.3) is 0 Å². The maximum atomic E-state index is 13.3. The molecular weight excluding hydrogens is 240 g/mol. The molecule has 1 saturated heterocycles. The highest BCUT2D eigenvalue weighted by molar-refractivity contribution is 4.82. The van der Waals surface area contributed by atoms with Gasteiger partial charge < -0.3 is 14.8 Å². The van der Waals surface area contributed by atoms with Gasteiger partial charge in [0, 0.05) is 25.3 Å². The second kappa shape index (κ2) is 6.26. The third-order valence-electron chi connectivity index (χ3n) is 3.94. The third kappa shape index (κ3) is 4.14.